The Morgan fingerprint density at radius 2 is 1.76 bits per heavy atom. The van der Waals surface area contributed by atoms with Gasteiger partial charge >= 0.3 is 0 Å². The Balaban J connectivity index is 2.12. The van der Waals surface area contributed by atoms with Crippen molar-refractivity contribution in [2.24, 2.45) is 0 Å². The van der Waals surface area contributed by atoms with Crippen LogP contribution in [0.15, 0.2) is 36.4 Å². The topological polar surface area (TPSA) is 59.6 Å². The molecule has 0 saturated heterocycles. The van der Waals surface area contributed by atoms with Crippen LogP contribution in [0.25, 0.3) is 0 Å². The SMILES string of the molecule is CCc1cc(I)ccc1NC(=S)NC(=O)c1cc(OC)cc(OC)c1. The van der Waals surface area contributed by atoms with Crippen LogP contribution >= 0.6 is 34.8 Å². The molecule has 0 bridgehead atoms. The number of aryl methyl sites for hydroxylation is 1. The van der Waals surface area contributed by atoms with Crippen molar-refractivity contribution in [2.45, 2.75) is 13.3 Å². The van der Waals surface area contributed by atoms with Crippen LogP contribution in [0.4, 0.5) is 5.69 Å². The van der Waals surface area contributed by atoms with Gasteiger partial charge in [-0.1, -0.05) is 6.92 Å². The molecule has 0 fully saturated rings. The molecule has 0 aliphatic heterocycles. The number of ether oxygens (including phenoxy) is 2. The Labute approximate surface area is 166 Å². The summed E-state index contributed by atoms with van der Waals surface area (Å²) in [4.78, 5) is 12.4. The maximum atomic E-state index is 12.4. The summed E-state index contributed by atoms with van der Waals surface area (Å²) in [6.45, 7) is 2.07. The fourth-order valence-electron chi connectivity index (χ4n) is 2.24. The number of methoxy groups -OCH3 is 2. The Bertz CT molecular complexity index is 774. The summed E-state index contributed by atoms with van der Waals surface area (Å²) in [6.07, 6.45) is 0.864. The van der Waals surface area contributed by atoms with Gasteiger partial charge in [0.2, 0.25) is 0 Å². The summed E-state index contributed by atoms with van der Waals surface area (Å²) in [7, 11) is 3.07. The summed E-state index contributed by atoms with van der Waals surface area (Å²) in [5.74, 6) is 0.738. The Morgan fingerprint density at radius 3 is 2.32 bits per heavy atom. The molecule has 132 valence electrons. The van der Waals surface area contributed by atoms with E-state index in [0.29, 0.717) is 17.1 Å². The van der Waals surface area contributed by atoms with Crippen molar-refractivity contribution in [3.05, 3.63) is 51.1 Å². The van der Waals surface area contributed by atoms with Crippen molar-refractivity contribution >= 4 is 51.5 Å². The van der Waals surface area contributed by atoms with Crippen LogP contribution in [-0.4, -0.2) is 25.2 Å². The minimum absolute atomic E-state index is 0.239. The zero-order valence-electron chi connectivity index (χ0n) is 14.2. The van der Waals surface area contributed by atoms with E-state index in [1.165, 1.54) is 14.2 Å². The summed E-state index contributed by atoms with van der Waals surface area (Å²) < 4.78 is 11.5. The molecule has 5 nitrogen and oxygen atoms in total. The van der Waals surface area contributed by atoms with Gasteiger partial charge in [-0.15, -0.1) is 0 Å². The smallest absolute Gasteiger partial charge is 0.257 e. The second kappa shape index (κ2) is 9.00. The first-order valence-electron chi connectivity index (χ1n) is 7.60. The van der Waals surface area contributed by atoms with Crippen molar-refractivity contribution < 1.29 is 14.3 Å². The molecule has 0 aliphatic carbocycles. The van der Waals surface area contributed by atoms with Crippen LogP contribution in [0.3, 0.4) is 0 Å². The monoisotopic (exact) mass is 470 g/mol. The highest BCUT2D eigenvalue weighted by Gasteiger charge is 2.12. The third-order valence-electron chi connectivity index (χ3n) is 3.54. The first kappa shape index (κ1) is 19.5. The van der Waals surface area contributed by atoms with Gasteiger partial charge in [0.15, 0.2) is 5.11 Å². The third-order valence-corrected chi connectivity index (χ3v) is 4.41. The zero-order valence-corrected chi connectivity index (χ0v) is 17.2. The quantitative estimate of drug-likeness (QED) is 0.511. The summed E-state index contributed by atoms with van der Waals surface area (Å²) >= 11 is 7.53. The molecule has 2 aromatic rings. The van der Waals surface area contributed by atoms with Crippen LogP contribution in [0, 0.1) is 3.57 Å². The molecule has 0 unspecified atom stereocenters. The molecule has 2 rings (SSSR count). The maximum Gasteiger partial charge on any atom is 0.257 e. The van der Waals surface area contributed by atoms with Gasteiger partial charge in [0.1, 0.15) is 11.5 Å². The number of benzene rings is 2. The van der Waals surface area contributed by atoms with Gasteiger partial charge in [-0.05, 0) is 77.1 Å². The van der Waals surface area contributed by atoms with Crippen molar-refractivity contribution in [3.8, 4) is 11.5 Å². The molecular weight excluding hydrogens is 451 g/mol. The van der Waals surface area contributed by atoms with Crippen molar-refractivity contribution in [3.63, 3.8) is 0 Å². The molecule has 2 aromatic carbocycles. The van der Waals surface area contributed by atoms with E-state index in [0.717, 1.165) is 21.2 Å². The average molecular weight is 470 g/mol. The number of nitrogens with one attached hydrogen (secondary N) is 2. The van der Waals surface area contributed by atoms with Crippen LogP contribution in [0.2, 0.25) is 0 Å². The standard InChI is InChI=1S/C18H19IN2O3S/c1-4-11-7-13(19)5-6-16(11)20-18(25)21-17(22)12-8-14(23-2)10-15(9-12)24-3/h5-10H,4H2,1-3H3,(H2,20,21,22,25). The van der Waals surface area contributed by atoms with E-state index >= 15 is 0 Å². The lowest BCUT2D eigenvalue weighted by atomic mass is 10.1. The first-order chi connectivity index (χ1) is 12.0. The Hall–Kier alpha value is -1.87. The van der Waals surface area contributed by atoms with E-state index in [-0.39, 0.29) is 11.0 Å². The third kappa shape index (κ3) is 5.30. The number of thiocarbonyl (C=S) groups is 1. The number of rotatable bonds is 5. The number of carbonyl (C=O) groups excluding carboxylic acids is 1. The highest BCUT2D eigenvalue weighted by atomic mass is 127. The maximum absolute atomic E-state index is 12.4. The molecule has 25 heavy (non-hydrogen) atoms. The van der Waals surface area contributed by atoms with Gasteiger partial charge in [-0.3, -0.25) is 10.1 Å². The van der Waals surface area contributed by atoms with Crippen molar-refractivity contribution in [2.75, 3.05) is 19.5 Å². The molecular formula is C18H19IN2O3S. The van der Waals surface area contributed by atoms with E-state index in [1.54, 1.807) is 18.2 Å². The van der Waals surface area contributed by atoms with Crippen LogP contribution in [0.5, 0.6) is 11.5 Å². The largest absolute Gasteiger partial charge is 0.497 e. The molecule has 7 heteroatoms. The molecule has 0 aliphatic rings. The van der Waals surface area contributed by atoms with Crippen molar-refractivity contribution in [1.82, 2.24) is 5.32 Å². The van der Waals surface area contributed by atoms with Gasteiger partial charge in [0.25, 0.3) is 5.91 Å². The lowest BCUT2D eigenvalue weighted by molar-refractivity contribution is 0.0977. The van der Waals surface area contributed by atoms with Crippen LogP contribution in [-0.2, 0) is 6.42 Å². The van der Waals surface area contributed by atoms with Gasteiger partial charge in [-0.2, -0.15) is 0 Å². The fourth-order valence-corrected chi connectivity index (χ4v) is 3.00. The van der Waals surface area contributed by atoms with Crippen LogP contribution in [0.1, 0.15) is 22.8 Å². The van der Waals surface area contributed by atoms with Gasteiger partial charge in [0, 0.05) is 20.9 Å². The molecule has 2 N–H and O–H groups in total. The molecule has 0 radical (unpaired) electrons. The number of carbonyl (C=O) groups is 1. The normalized spacial score (nSPS) is 10.1. The highest BCUT2D eigenvalue weighted by molar-refractivity contribution is 14.1. The average Bonchev–Trinajstić information content (AvgIpc) is 2.62. The minimum atomic E-state index is -0.335. The van der Waals surface area contributed by atoms with Crippen molar-refractivity contribution in [1.29, 1.82) is 0 Å². The van der Waals surface area contributed by atoms with E-state index in [1.807, 2.05) is 12.1 Å². The lowest BCUT2D eigenvalue weighted by Crippen LogP contribution is -2.34. The Morgan fingerprint density at radius 1 is 1.12 bits per heavy atom. The van der Waals surface area contributed by atoms with E-state index in [9.17, 15) is 4.79 Å². The number of hydrogen-bond donors (Lipinski definition) is 2. The predicted octanol–water partition coefficient (Wildman–Crippen LogP) is 4.00. The summed E-state index contributed by atoms with van der Waals surface area (Å²) in [5, 5.41) is 6.00. The lowest BCUT2D eigenvalue weighted by Gasteiger charge is -2.14. The molecule has 0 spiro atoms. The molecule has 0 aromatic heterocycles. The predicted molar refractivity (Wildman–Crippen MR) is 112 cm³/mol. The Kier molecular flexibility index (Phi) is 7.01. The molecule has 0 atom stereocenters. The number of hydrogen-bond acceptors (Lipinski definition) is 4. The van der Waals surface area contributed by atoms with Gasteiger partial charge < -0.3 is 14.8 Å². The number of amides is 1. The van der Waals surface area contributed by atoms with Gasteiger partial charge in [-0.25, -0.2) is 0 Å². The highest BCUT2D eigenvalue weighted by Crippen LogP contribution is 2.23. The molecule has 0 heterocycles. The second-order valence-electron chi connectivity index (χ2n) is 5.16. The number of anilines is 1. The van der Waals surface area contributed by atoms with Crippen LogP contribution < -0.4 is 20.1 Å². The van der Waals surface area contributed by atoms with E-state index in [2.05, 4.69) is 46.2 Å². The second-order valence-corrected chi connectivity index (χ2v) is 6.82. The number of halogens is 1. The first-order valence-corrected chi connectivity index (χ1v) is 9.09. The summed E-state index contributed by atoms with van der Waals surface area (Å²) in [5.41, 5.74) is 2.42. The molecule has 1 amide bonds. The zero-order chi connectivity index (χ0) is 18.4. The fraction of sp³-hybridized carbons (Fsp3) is 0.222. The molecule has 0 saturated carbocycles. The minimum Gasteiger partial charge on any atom is -0.497 e. The van der Waals surface area contributed by atoms with E-state index in [4.69, 9.17) is 21.7 Å². The van der Waals surface area contributed by atoms with E-state index < -0.39 is 0 Å². The summed E-state index contributed by atoms with van der Waals surface area (Å²) in [6, 6.07) is 11.0. The van der Waals surface area contributed by atoms with Gasteiger partial charge in [0.05, 0.1) is 14.2 Å².